The van der Waals surface area contributed by atoms with Crippen LogP contribution in [-0.4, -0.2) is 40.8 Å². The summed E-state index contributed by atoms with van der Waals surface area (Å²) in [5.74, 6) is 1.45. The molecule has 0 saturated carbocycles. The molecule has 3 heterocycles. The molecule has 0 spiro atoms. The minimum Gasteiger partial charge on any atom is -0.356 e. The number of hydrogen-bond acceptors (Lipinski definition) is 4. The normalized spacial score (nSPS) is 19.1. The molecule has 1 aliphatic heterocycles. The average molecular weight is 273 g/mol. The van der Waals surface area contributed by atoms with Crippen LogP contribution in [0.3, 0.4) is 0 Å². The average Bonchev–Trinajstić information content (AvgIpc) is 3.05. The van der Waals surface area contributed by atoms with E-state index in [2.05, 4.69) is 47.3 Å². The molecule has 20 heavy (non-hydrogen) atoms. The van der Waals surface area contributed by atoms with E-state index in [9.17, 15) is 0 Å². The summed E-state index contributed by atoms with van der Waals surface area (Å²) in [6.45, 7) is 6.47. The van der Waals surface area contributed by atoms with Crippen molar-refractivity contribution in [3.05, 3.63) is 24.2 Å². The first-order valence-corrected chi connectivity index (χ1v) is 7.44. The van der Waals surface area contributed by atoms with Crippen molar-refractivity contribution < 1.29 is 0 Å². The molecular weight excluding hydrogens is 250 g/mol. The van der Waals surface area contributed by atoms with Crippen LogP contribution in [0.25, 0.3) is 5.52 Å². The van der Waals surface area contributed by atoms with E-state index in [1.807, 2.05) is 16.9 Å². The van der Waals surface area contributed by atoms with Crippen molar-refractivity contribution in [3.63, 3.8) is 0 Å². The molecule has 1 saturated heterocycles. The molecule has 2 aromatic heterocycles. The molecule has 5 nitrogen and oxygen atoms in total. The fourth-order valence-electron chi connectivity index (χ4n) is 2.83. The van der Waals surface area contributed by atoms with Gasteiger partial charge in [0.1, 0.15) is 5.52 Å². The largest absolute Gasteiger partial charge is 0.356 e. The molecule has 2 aromatic rings. The van der Waals surface area contributed by atoms with Crippen LogP contribution in [0.1, 0.15) is 38.3 Å². The maximum absolute atomic E-state index is 4.62. The highest BCUT2D eigenvalue weighted by Crippen LogP contribution is 2.22. The second-order valence-corrected chi connectivity index (χ2v) is 5.98. The molecule has 0 aromatic carbocycles. The van der Waals surface area contributed by atoms with E-state index in [4.69, 9.17) is 0 Å². The molecule has 5 heteroatoms. The van der Waals surface area contributed by atoms with Gasteiger partial charge in [-0.15, -0.1) is 0 Å². The van der Waals surface area contributed by atoms with E-state index in [0.29, 0.717) is 12.0 Å². The first-order chi connectivity index (χ1) is 9.65. The molecule has 0 radical (unpaired) electrons. The Kier molecular flexibility index (Phi) is 3.61. The number of nitrogens with zero attached hydrogens (tertiary/aromatic N) is 4. The van der Waals surface area contributed by atoms with Crippen molar-refractivity contribution in [2.75, 3.05) is 25.0 Å². The molecule has 108 valence electrons. The third-order valence-corrected chi connectivity index (χ3v) is 4.00. The molecule has 1 fully saturated rings. The van der Waals surface area contributed by atoms with Crippen molar-refractivity contribution in [2.24, 2.45) is 0 Å². The summed E-state index contributed by atoms with van der Waals surface area (Å²) in [4.78, 5) is 6.80. The van der Waals surface area contributed by atoms with Gasteiger partial charge in [0.05, 0.1) is 5.69 Å². The minimum atomic E-state index is 0.435. The number of fused-ring (bicyclic) bond motifs is 1. The lowest BCUT2D eigenvalue weighted by Gasteiger charge is -2.22. The van der Waals surface area contributed by atoms with Crippen LogP contribution >= 0.6 is 0 Å². The van der Waals surface area contributed by atoms with Crippen molar-refractivity contribution in [1.82, 2.24) is 19.9 Å². The van der Waals surface area contributed by atoms with Gasteiger partial charge in [0.25, 0.3) is 0 Å². The monoisotopic (exact) mass is 273 g/mol. The zero-order valence-electron chi connectivity index (χ0n) is 12.5. The molecule has 1 aliphatic rings. The third-order valence-electron chi connectivity index (χ3n) is 4.00. The number of aromatic nitrogens is 3. The van der Waals surface area contributed by atoms with Crippen molar-refractivity contribution in [3.8, 4) is 0 Å². The van der Waals surface area contributed by atoms with Crippen molar-refractivity contribution >= 4 is 11.3 Å². The smallest absolute Gasteiger partial charge is 0.154 e. The second kappa shape index (κ2) is 5.40. The molecule has 1 unspecified atom stereocenters. The van der Waals surface area contributed by atoms with Gasteiger partial charge in [-0.3, -0.25) is 0 Å². The lowest BCUT2D eigenvalue weighted by Crippen LogP contribution is -2.35. The fourth-order valence-corrected chi connectivity index (χ4v) is 2.83. The minimum absolute atomic E-state index is 0.435. The topological polar surface area (TPSA) is 45.5 Å². The van der Waals surface area contributed by atoms with Crippen LogP contribution in [0.2, 0.25) is 0 Å². The predicted molar refractivity (Wildman–Crippen MR) is 81.4 cm³/mol. The highest BCUT2D eigenvalue weighted by molar-refractivity contribution is 5.69. The molecule has 3 rings (SSSR count). The summed E-state index contributed by atoms with van der Waals surface area (Å²) in [6, 6.07) is 2.74. The Morgan fingerprint density at radius 1 is 1.50 bits per heavy atom. The van der Waals surface area contributed by atoms with Crippen LogP contribution in [0, 0.1) is 0 Å². The Morgan fingerprint density at radius 2 is 2.35 bits per heavy atom. The summed E-state index contributed by atoms with van der Waals surface area (Å²) in [5, 5.41) is 8.16. The highest BCUT2D eigenvalue weighted by atomic mass is 15.3. The Labute approximate surface area is 120 Å². The standard InChI is InChI=1S/C15H23N5/c1-11(2)13-9-14-15(17-7-8-20(14)18-13)19(3)10-12-5-4-6-16-12/h7-9,11-12,16H,4-6,10H2,1-3H3. The Balaban J connectivity index is 1.89. The molecule has 0 amide bonds. The molecule has 0 aliphatic carbocycles. The van der Waals surface area contributed by atoms with Gasteiger partial charge in [0.2, 0.25) is 0 Å². The first kappa shape index (κ1) is 13.4. The number of nitrogens with one attached hydrogen (secondary N) is 1. The zero-order chi connectivity index (χ0) is 14.1. The summed E-state index contributed by atoms with van der Waals surface area (Å²) in [7, 11) is 2.12. The quantitative estimate of drug-likeness (QED) is 0.926. The maximum Gasteiger partial charge on any atom is 0.154 e. The lowest BCUT2D eigenvalue weighted by atomic mass is 10.1. The number of anilines is 1. The van der Waals surface area contributed by atoms with Gasteiger partial charge in [-0.25, -0.2) is 9.50 Å². The number of hydrogen-bond donors (Lipinski definition) is 1. The SMILES string of the molecule is CC(C)c1cc2c(N(C)CC3CCCN3)nccn2n1. The summed E-state index contributed by atoms with van der Waals surface area (Å²) >= 11 is 0. The van der Waals surface area contributed by atoms with Gasteiger partial charge in [0.15, 0.2) is 5.82 Å². The van der Waals surface area contributed by atoms with Gasteiger partial charge >= 0.3 is 0 Å². The van der Waals surface area contributed by atoms with Gasteiger partial charge in [-0.05, 0) is 31.4 Å². The van der Waals surface area contributed by atoms with Crippen molar-refractivity contribution in [2.45, 2.75) is 38.6 Å². The van der Waals surface area contributed by atoms with Gasteiger partial charge < -0.3 is 10.2 Å². The molecule has 0 bridgehead atoms. The molecule has 1 atom stereocenters. The van der Waals surface area contributed by atoms with Crippen LogP contribution in [0.15, 0.2) is 18.5 Å². The van der Waals surface area contributed by atoms with Gasteiger partial charge in [-0.1, -0.05) is 13.8 Å². The van der Waals surface area contributed by atoms with Crippen molar-refractivity contribution in [1.29, 1.82) is 0 Å². The fraction of sp³-hybridized carbons (Fsp3) is 0.600. The predicted octanol–water partition coefficient (Wildman–Crippen LogP) is 2.04. The molecular formula is C15H23N5. The summed E-state index contributed by atoms with van der Waals surface area (Å²) in [6.07, 6.45) is 6.29. The van der Waals surface area contributed by atoms with Gasteiger partial charge in [-0.2, -0.15) is 5.10 Å². The van der Waals surface area contributed by atoms with Crippen LogP contribution in [0.4, 0.5) is 5.82 Å². The Hall–Kier alpha value is -1.62. The zero-order valence-corrected chi connectivity index (χ0v) is 12.5. The number of likely N-dealkylation sites (N-methyl/N-ethyl adjacent to an activating group) is 1. The Morgan fingerprint density at radius 3 is 3.05 bits per heavy atom. The van der Waals surface area contributed by atoms with E-state index in [1.54, 1.807) is 0 Å². The number of rotatable bonds is 4. The maximum atomic E-state index is 4.62. The summed E-state index contributed by atoms with van der Waals surface area (Å²) in [5.41, 5.74) is 2.21. The first-order valence-electron chi connectivity index (χ1n) is 7.44. The Bertz CT molecular complexity index is 583. The van der Waals surface area contributed by atoms with E-state index in [0.717, 1.165) is 30.1 Å². The van der Waals surface area contributed by atoms with Crippen LogP contribution in [-0.2, 0) is 0 Å². The van der Waals surface area contributed by atoms with E-state index in [-0.39, 0.29) is 0 Å². The summed E-state index contributed by atoms with van der Waals surface area (Å²) < 4.78 is 1.94. The molecule has 1 N–H and O–H groups in total. The van der Waals surface area contributed by atoms with E-state index in [1.165, 1.54) is 12.8 Å². The van der Waals surface area contributed by atoms with Crippen LogP contribution < -0.4 is 10.2 Å². The highest BCUT2D eigenvalue weighted by Gasteiger charge is 2.19. The second-order valence-electron chi connectivity index (χ2n) is 5.98. The van der Waals surface area contributed by atoms with Gasteiger partial charge in [0, 0.05) is 32.0 Å². The lowest BCUT2D eigenvalue weighted by molar-refractivity contribution is 0.597. The third kappa shape index (κ3) is 2.50. The van der Waals surface area contributed by atoms with E-state index >= 15 is 0 Å². The van der Waals surface area contributed by atoms with Crippen LogP contribution in [0.5, 0.6) is 0 Å². The van der Waals surface area contributed by atoms with E-state index < -0.39 is 0 Å².